The molecule has 2 aromatic carbocycles. The molecule has 1 unspecified atom stereocenters. The fourth-order valence-electron chi connectivity index (χ4n) is 1.49. The van der Waals surface area contributed by atoms with Crippen LogP contribution in [0.15, 0.2) is 60.7 Å². The highest BCUT2D eigenvalue weighted by molar-refractivity contribution is 8.41. The molecular formula is C12H11NOPS+. The average molecular weight is 248 g/mol. The number of benzene rings is 2. The van der Waals surface area contributed by atoms with Crippen LogP contribution in [0.2, 0.25) is 0 Å². The molecule has 0 saturated carbocycles. The molecule has 0 aliphatic rings. The van der Waals surface area contributed by atoms with Crippen LogP contribution in [-0.4, -0.2) is 0 Å². The lowest BCUT2D eigenvalue weighted by atomic mass is 10.3. The summed E-state index contributed by atoms with van der Waals surface area (Å²) in [5, 5.41) is 0. The molecule has 0 heterocycles. The highest BCUT2D eigenvalue weighted by Gasteiger charge is 2.25. The number of thiol groups is 1. The quantitative estimate of drug-likeness (QED) is 0.641. The molecule has 0 aliphatic heterocycles. The Morgan fingerprint density at radius 2 is 1.19 bits per heavy atom. The molecule has 2 nitrogen and oxygen atoms in total. The van der Waals surface area contributed by atoms with Crippen LogP contribution in [0.1, 0.15) is 0 Å². The van der Waals surface area contributed by atoms with Gasteiger partial charge < -0.3 is 0 Å². The summed E-state index contributed by atoms with van der Waals surface area (Å²) in [7, 11) is -1.74. The fraction of sp³-hybridized carbons (Fsp3) is 0. The van der Waals surface area contributed by atoms with Crippen LogP contribution in [-0.2, 0) is 4.57 Å². The van der Waals surface area contributed by atoms with Crippen LogP contribution in [0.4, 0.5) is 11.4 Å². The highest BCUT2D eigenvalue weighted by atomic mass is 32.7. The van der Waals surface area contributed by atoms with E-state index in [4.69, 9.17) is 0 Å². The smallest absolute Gasteiger partial charge is 0.124 e. The highest BCUT2D eigenvalue weighted by Crippen LogP contribution is 2.43. The van der Waals surface area contributed by atoms with E-state index in [1.807, 2.05) is 60.7 Å². The van der Waals surface area contributed by atoms with Gasteiger partial charge in [-0.25, -0.2) is 0 Å². The number of para-hydroxylation sites is 2. The van der Waals surface area contributed by atoms with Gasteiger partial charge in [0.25, 0.3) is 0 Å². The van der Waals surface area contributed by atoms with Crippen LogP contribution in [0, 0.1) is 0 Å². The molecule has 0 fully saturated rings. The van der Waals surface area contributed by atoms with Crippen LogP contribution < -0.4 is 4.67 Å². The van der Waals surface area contributed by atoms with Gasteiger partial charge in [0.2, 0.25) is 0 Å². The Kier molecular flexibility index (Phi) is 3.60. The summed E-state index contributed by atoms with van der Waals surface area (Å²) in [5.74, 6) is 0. The molecule has 0 aromatic heterocycles. The first kappa shape index (κ1) is 11.2. The maximum absolute atomic E-state index is 11.7. The van der Waals surface area contributed by atoms with Crippen LogP contribution in [0.25, 0.3) is 0 Å². The van der Waals surface area contributed by atoms with E-state index in [-0.39, 0.29) is 0 Å². The second kappa shape index (κ2) is 5.15. The third-order valence-electron chi connectivity index (χ3n) is 2.17. The first-order valence-electron chi connectivity index (χ1n) is 4.85. The van der Waals surface area contributed by atoms with Gasteiger partial charge in [0.1, 0.15) is 12.2 Å². The lowest BCUT2D eigenvalue weighted by molar-refractivity contribution is 0.596. The predicted molar refractivity (Wildman–Crippen MR) is 71.6 cm³/mol. The predicted octanol–water partition coefficient (Wildman–Crippen LogP) is 4.41. The van der Waals surface area contributed by atoms with E-state index in [9.17, 15) is 4.57 Å². The molecule has 16 heavy (non-hydrogen) atoms. The summed E-state index contributed by atoms with van der Waals surface area (Å²) in [6, 6.07) is 19.2. The van der Waals surface area contributed by atoms with Crippen LogP contribution in [0.3, 0.4) is 0 Å². The minimum Gasteiger partial charge on any atom is -0.124 e. The third kappa shape index (κ3) is 2.43. The largest absolute Gasteiger partial charge is 0.539 e. The van der Waals surface area contributed by atoms with Crippen molar-refractivity contribution in [2.24, 2.45) is 0 Å². The monoisotopic (exact) mass is 248 g/mol. The number of anilines is 2. The van der Waals surface area contributed by atoms with Gasteiger partial charge in [0.15, 0.2) is 0 Å². The number of nitrogens with zero attached hydrogens (tertiary/aromatic N) is 1. The summed E-state index contributed by atoms with van der Waals surface area (Å²) in [6.07, 6.45) is 0. The van der Waals surface area contributed by atoms with Crippen molar-refractivity contribution in [3.8, 4) is 0 Å². The van der Waals surface area contributed by atoms with Gasteiger partial charge in [-0.3, -0.25) is 0 Å². The van der Waals surface area contributed by atoms with Crippen LogP contribution in [0.5, 0.6) is 0 Å². The molecule has 0 bridgehead atoms. The molecule has 0 aliphatic carbocycles. The molecule has 2 aromatic rings. The van der Waals surface area contributed by atoms with Crippen molar-refractivity contribution in [1.82, 2.24) is 0 Å². The van der Waals surface area contributed by atoms with Gasteiger partial charge in [0.05, 0.1) is 11.4 Å². The Bertz CT molecular complexity index is 435. The van der Waals surface area contributed by atoms with Crippen LogP contribution >= 0.6 is 19.4 Å². The summed E-state index contributed by atoms with van der Waals surface area (Å²) in [6.45, 7) is 0. The molecule has 0 spiro atoms. The molecule has 1 atom stereocenters. The normalized spacial score (nSPS) is 10.9. The van der Waals surface area contributed by atoms with E-state index >= 15 is 0 Å². The number of hydrogen-bond donors (Lipinski definition) is 1. The van der Waals surface area contributed by atoms with Crippen molar-refractivity contribution in [1.29, 1.82) is 0 Å². The van der Waals surface area contributed by atoms with Crippen molar-refractivity contribution in [2.45, 2.75) is 0 Å². The van der Waals surface area contributed by atoms with E-state index in [2.05, 4.69) is 12.2 Å². The zero-order valence-electron chi connectivity index (χ0n) is 8.52. The van der Waals surface area contributed by atoms with E-state index in [0.29, 0.717) is 0 Å². The maximum atomic E-state index is 11.7. The Hall–Kier alpha value is -1.31. The second-order valence-corrected chi connectivity index (χ2v) is 5.17. The van der Waals surface area contributed by atoms with E-state index in [1.54, 1.807) is 4.67 Å². The molecule has 80 valence electrons. The molecule has 4 heteroatoms. The summed E-state index contributed by atoms with van der Waals surface area (Å²) in [5.41, 5.74) is 1.76. The topological polar surface area (TPSA) is 20.3 Å². The summed E-state index contributed by atoms with van der Waals surface area (Å²) in [4.78, 5) is 0. The summed E-state index contributed by atoms with van der Waals surface area (Å²) < 4.78 is 13.4. The Morgan fingerprint density at radius 1 is 0.812 bits per heavy atom. The maximum Gasteiger partial charge on any atom is 0.539 e. The minimum absolute atomic E-state index is 0.879. The SMILES string of the molecule is O=[P+](S)N(c1ccccc1)c1ccccc1. The van der Waals surface area contributed by atoms with Crippen molar-refractivity contribution in [3.05, 3.63) is 60.7 Å². The van der Waals surface area contributed by atoms with Gasteiger partial charge in [-0.2, -0.15) is 0 Å². The Balaban J connectivity index is 2.44. The zero-order valence-corrected chi connectivity index (χ0v) is 10.3. The number of hydrogen-bond acceptors (Lipinski definition) is 1. The van der Waals surface area contributed by atoms with Crippen molar-refractivity contribution in [3.63, 3.8) is 0 Å². The lowest BCUT2D eigenvalue weighted by Crippen LogP contribution is -2.03. The fourth-order valence-corrected chi connectivity index (χ4v) is 2.77. The molecule has 0 radical (unpaired) electrons. The van der Waals surface area contributed by atoms with E-state index in [0.717, 1.165) is 11.4 Å². The minimum atomic E-state index is -1.74. The molecule has 0 N–H and O–H groups in total. The van der Waals surface area contributed by atoms with E-state index in [1.165, 1.54) is 0 Å². The van der Waals surface area contributed by atoms with Gasteiger partial charge in [-0.15, -0.1) is 4.67 Å². The molecule has 0 saturated heterocycles. The number of rotatable bonds is 3. The van der Waals surface area contributed by atoms with Gasteiger partial charge in [-0.1, -0.05) is 36.4 Å². The summed E-state index contributed by atoms with van der Waals surface area (Å²) >= 11 is 4.05. The molecular weight excluding hydrogens is 237 g/mol. The first-order chi connectivity index (χ1) is 7.79. The Morgan fingerprint density at radius 3 is 1.50 bits per heavy atom. The van der Waals surface area contributed by atoms with Gasteiger partial charge in [0, 0.05) is 0 Å². The lowest BCUT2D eigenvalue weighted by Gasteiger charge is -2.10. The van der Waals surface area contributed by atoms with Gasteiger partial charge in [-0.05, 0) is 28.8 Å². The average Bonchev–Trinajstić information content (AvgIpc) is 2.31. The first-order valence-corrected chi connectivity index (χ1v) is 7.22. The van der Waals surface area contributed by atoms with E-state index < -0.39 is 7.15 Å². The third-order valence-corrected chi connectivity index (χ3v) is 3.51. The molecule has 2 rings (SSSR count). The zero-order chi connectivity index (χ0) is 11.4. The standard InChI is InChI=1S/C12H10NOPS/c14-15(16)13(11-7-3-1-4-8-11)12-9-5-2-6-10-12/h1-10H/p+1. The molecule has 0 amide bonds. The van der Waals surface area contributed by atoms with Crippen molar-refractivity contribution >= 4 is 30.8 Å². The second-order valence-electron chi connectivity index (χ2n) is 3.24. The van der Waals surface area contributed by atoms with Crippen molar-refractivity contribution < 1.29 is 4.57 Å². The van der Waals surface area contributed by atoms with Gasteiger partial charge >= 0.3 is 7.15 Å². The van der Waals surface area contributed by atoms with Crippen molar-refractivity contribution in [2.75, 3.05) is 4.67 Å². The Labute approximate surface area is 101 Å².